The summed E-state index contributed by atoms with van der Waals surface area (Å²) in [4.78, 5) is 11.0. The van der Waals surface area contributed by atoms with Crippen LogP contribution in [0.1, 0.15) is 12.8 Å². The summed E-state index contributed by atoms with van der Waals surface area (Å²) >= 11 is 0. The van der Waals surface area contributed by atoms with Crippen LogP contribution < -0.4 is 0 Å². The van der Waals surface area contributed by atoms with Crippen molar-refractivity contribution in [3.63, 3.8) is 0 Å². The van der Waals surface area contributed by atoms with Crippen molar-refractivity contribution in [3.05, 3.63) is 43.0 Å². The minimum absolute atomic E-state index is 0.0243. The molecule has 1 saturated heterocycles. The smallest absolute Gasteiger partial charge is 0.276 e. The molecule has 0 bridgehead atoms. The van der Waals surface area contributed by atoms with Crippen LogP contribution in [0.4, 0.5) is 0 Å². The minimum atomic E-state index is -3.53. The van der Waals surface area contributed by atoms with Crippen LogP contribution in [0.5, 0.6) is 0 Å². The maximum absolute atomic E-state index is 12.6. The number of imidazole rings is 2. The van der Waals surface area contributed by atoms with Crippen molar-refractivity contribution in [1.29, 1.82) is 0 Å². The predicted molar refractivity (Wildman–Crippen MR) is 89.8 cm³/mol. The number of nitrogens with zero attached hydrogens (tertiary/aromatic N) is 4. The third-order valence-electron chi connectivity index (χ3n) is 4.52. The van der Waals surface area contributed by atoms with E-state index < -0.39 is 10.0 Å². The Morgan fingerprint density at radius 3 is 2.96 bits per heavy atom. The summed E-state index contributed by atoms with van der Waals surface area (Å²) in [5.41, 5.74) is 2.05. The largest absolute Gasteiger partial charge is 0.334 e. The fraction of sp³-hybridized carbons (Fsp3) is 0.375. The van der Waals surface area contributed by atoms with Crippen molar-refractivity contribution in [3.8, 4) is 0 Å². The molecule has 3 heterocycles. The van der Waals surface area contributed by atoms with Crippen LogP contribution >= 0.6 is 0 Å². The second-order valence-electron chi connectivity index (χ2n) is 6.15. The standard InChI is InChI=1S/C16H19N5O2S/c22-24(23,16-17-7-8-18-16)21-9-3-4-13(11-21)10-20-12-19-14-5-1-2-6-15(14)20/h1-2,5-8,12-13H,3-4,9-11H2,(H,17,18). The molecule has 0 spiro atoms. The Kier molecular flexibility index (Phi) is 3.85. The van der Waals surface area contributed by atoms with Crippen LogP contribution in [-0.4, -0.2) is 45.3 Å². The number of H-pyrrole nitrogens is 1. The molecule has 1 aliphatic heterocycles. The molecular formula is C16H19N5O2S. The number of aromatic nitrogens is 4. The van der Waals surface area contributed by atoms with Gasteiger partial charge in [0.2, 0.25) is 5.16 Å². The number of nitrogens with one attached hydrogen (secondary N) is 1. The first kappa shape index (κ1) is 15.3. The molecule has 1 unspecified atom stereocenters. The zero-order valence-corrected chi connectivity index (χ0v) is 14.0. The van der Waals surface area contributed by atoms with E-state index in [1.54, 1.807) is 4.31 Å². The maximum atomic E-state index is 12.6. The Hall–Kier alpha value is -2.19. The highest BCUT2D eigenvalue weighted by atomic mass is 32.2. The fourth-order valence-corrected chi connectivity index (χ4v) is 4.77. The first-order chi connectivity index (χ1) is 11.6. The van der Waals surface area contributed by atoms with Gasteiger partial charge in [0.15, 0.2) is 0 Å². The Balaban J connectivity index is 1.53. The zero-order valence-electron chi connectivity index (χ0n) is 13.2. The van der Waals surface area contributed by atoms with Gasteiger partial charge < -0.3 is 9.55 Å². The molecule has 0 saturated carbocycles. The molecule has 0 aliphatic carbocycles. The van der Waals surface area contributed by atoms with Gasteiger partial charge in [-0.1, -0.05) is 12.1 Å². The van der Waals surface area contributed by atoms with E-state index in [1.807, 2.05) is 30.6 Å². The maximum Gasteiger partial charge on any atom is 0.276 e. The Morgan fingerprint density at radius 2 is 2.12 bits per heavy atom. The molecular weight excluding hydrogens is 326 g/mol. The topological polar surface area (TPSA) is 83.9 Å². The van der Waals surface area contributed by atoms with Gasteiger partial charge in [0.1, 0.15) is 0 Å². The SMILES string of the molecule is O=S(=O)(c1ncc[nH]1)N1CCCC(Cn2cnc3ccccc32)C1. The molecule has 126 valence electrons. The van der Waals surface area contributed by atoms with Crippen molar-refractivity contribution < 1.29 is 8.42 Å². The third-order valence-corrected chi connectivity index (χ3v) is 6.24. The molecule has 4 rings (SSSR count). The lowest BCUT2D eigenvalue weighted by Gasteiger charge is -2.31. The van der Waals surface area contributed by atoms with Crippen molar-refractivity contribution in [2.24, 2.45) is 5.92 Å². The van der Waals surface area contributed by atoms with E-state index in [0.29, 0.717) is 13.1 Å². The molecule has 1 N–H and O–H groups in total. The lowest BCUT2D eigenvalue weighted by molar-refractivity contribution is 0.246. The van der Waals surface area contributed by atoms with Crippen LogP contribution in [-0.2, 0) is 16.6 Å². The molecule has 1 aliphatic rings. The van der Waals surface area contributed by atoms with Gasteiger partial charge in [0, 0.05) is 32.0 Å². The van der Waals surface area contributed by atoms with Crippen LogP contribution in [0.15, 0.2) is 48.1 Å². The molecule has 3 aromatic rings. The van der Waals surface area contributed by atoms with E-state index in [0.717, 1.165) is 30.4 Å². The second-order valence-corrected chi connectivity index (χ2v) is 8.00. The van der Waals surface area contributed by atoms with Gasteiger partial charge in [-0.05, 0) is 30.9 Å². The average molecular weight is 345 g/mol. The van der Waals surface area contributed by atoms with Gasteiger partial charge >= 0.3 is 0 Å². The number of hydrogen-bond acceptors (Lipinski definition) is 4. The summed E-state index contributed by atoms with van der Waals surface area (Å²) in [5, 5.41) is 0.0243. The van der Waals surface area contributed by atoms with Crippen LogP contribution in [0.3, 0.4) is 0 Å². The number of fused-ring (bicyclic) bond motifs is 1. The van der Waals surface area contributed by atoms with E-state index >= 15 is 0 Å². The molecule has 2 aromatic heterocycles. The quantitative estimate of drug-likeness (QED) is 0.782. The summed E-state index contributed by atoms with van der Waals surface area (Å²) in [6, 6.07) is 8.00. The monoisotopic (exact) mass is 345 g/mol. The number of rotatable bonds is 4. The minimum Gasteiger partial charge on any atom is -0.334 e. The fourth-order valence-electron chi connectivity index (χ4n) is 3.34. The molecule has 1 fully saturated rings. The van der Waals surface area contributed by atoms with Gasteiger partial charge in [-0.2, -0.15) is 4.31 Å². The lowest BCUT2D eigenvalue weighted by Crippen LogP contribution is -2.41. The highest BCUT2D eigenvalue weighted by Crippen LogP contribution is 2.24. The number of para-hydroxylation sites is 2. The van der Waals surface area contributed by atoms with Crippen molar-refractivity contribution in [1.82, 2.24) is 23.8 Å². The summed E-state index contributed by atoms with van der Waals surface area (Å²) < 4.78 is 28.9. The van der Waals surface area contributed by atoms with Crippen LogP contribution in [0, 0.1) is 5.92 Å². The van der Waals surface area contributed by atoms with Gasteiger partial charge in [-0.25, -0.2) is 18.4 Å². The van der Waals surface area contributed by atoms with Crippen LogP contribution in [0.2, 0.25) is 0 Å². The highest BCUT2D eigenvalue weighted by Gasteiger charge is 2.32. The summed E-state index contributed by atoms with van der Waals surface area (Å²) in [7, 11) is -3.53. The number of hydrogen-bond donors (Lipinski definition) is 1. The van der Waals surface area contributed by atoms with Crippen molar-refractivity contribution in [2.75, 3.05) is 13.1 Å². The van der Waals surface area contributed by atoms with E-state index in [1.165, 1.54) is 12.4 Å². The molecule has 7 nitrogen and oxygen atoms in total. The number of benzene rings is 1. The normalized spacial score (nSPS) is 19.8. The summed E-state index contributed by atoms with van der Waals surface area (Å²) in [5.74, 6) is 0.265. The Labute approximate surface area is 140 Å². The summed E-state index contributed by atoms with van der Waals surface area (Å²) in [6.45, 7) is 1.82. The molecule has 0 amide bonds. The second kappa shape index (κ2) is 6.03. The van der Waals surface area contributed by atoms with E-state index in [4.69, 9.17) is 0 Å². The zero-order chi connectivity index (χ0) is 16.6. The molecule has 0 radical (unpaired) electrons. The molecule has 24 heavy (non-hydrogen) atoms. The van der Waals surface area contributed by atoms with Gasteiger partial charge in [0.05, 0.1) is 17.4 Å². The van der Waals surface area contributed by atoms with Crippen molar-refractivity contribution >= 4 is 21.1 Å². The van der Waals surface area contributed by atoms with Gasteiger partial charge in [-0.3, -0.25) is 0 Å². The first-order valence-corrected chi connectivity index (χ1v) is 9.48. The summed E-state index contributed by atoms with van der Waals surface area (Å²) in [6.07, 6.45) is 6.70. The molecule has 8 heteroatoms. The number of aromatic amines is 1. The Bertz CT molecular complexity index is 932. The Morgan fingerprint density at radius 1 is 1.25 bits per heavy atom. The first-order valence-electron chi connectivity index (χ1n) is 8.04. The average Bonchev–Trinajstić information content (AvgIpc) is 3.26. The highest BCUT2D eigenvalue weighted by molar-refractivity contribution is 7.88. The number of piperidine rings is 1. The van der Waals surface area contributed by atoms with E-state index in [-0.39, 0.29) is 11.1 Å². The van der Waals surface area contributed by atoms with Gasteiger partial charge in [0.25, 0.3) is 10.0 Å². The molecule has 1 atom stereocenters. The van der Waals surface area contributed by atoms with Crippen LogP contribution in [0.25, 0.3) is 11.0 Å². The predicted octanol–water partition coefficient (Wildman–Crippen LogP) is 1.86. The van der Waals surface area contributed by atoms with Crippen molar-refractivity contribution in [2.45, 2.75) is 24.5 Å². The third kappa shape index (κ3) is 2.71. The number of sulfonamides is 1. The van der Waals surface area contributed by atoms with E-state index in [9.17, 15) is 8.42 Å². The van der Waals surface area contributed by atoms with E-state index in [2.05, 4.69) is 19.5 Å². The molecule has 1 aromatic carbocycles. The van der Waals surface area contributed by atoms with Gasteiger partial charge in [-0.15, -0.1) is 0 Å². The lowest BCUT2D eigenvalue weighted by atomic mass is 9.99.